The molecule has 1 aliphatic rings. The average Bonchev–Trinajstić information content (AvgIpc) is 2.39. The van der Waals surface area contributed by atoms with Gasteiger partial charge in [0, 0.05) is 11.1 Å². The molecular weight excluding hydrogens is 216 g/mol. The summed E-state index contributed by atoms with van der Waals surface area (Å²) in [6.45, 7) is 1.81. The number of ketones is 2. The van der Waals surface area contributed by atoms with Crippen molar-refractivity contribution in [3.05, 3.63) is 34.9 Å². The molecule has 15 heavy (non-hydrogen) atoms. The smallest absolute Gasteiger partial charge is 0.240 e. The molecule has 0 aliphatic heterocycles. The van der Waals surface area contributed by atoms with Crippen LogP contribution in [0.25, 0.3) is 0 Å². The van der Waals surface area contributed by atoms with Gasteiger partial charge >= 0.3 is 0 Å². The first-order valence-corrected chi connectivity index (χ1v) is 4.78. The van der Waals surface area contributed by atoms with Crippen LogP contribution in [0.3, 0.4) is 0 Å². The van der Waals surface area contributed by atoms with Gasteiger partial charge in [-0.3, -0.25) is 14.4 Å². The Bertz CT molecular complexity index is 491. The molecule has 1 aromatic rings. The summed E-state index contributed by atoms with van der Waals surface area (Å²) in [6, 6.07) is 4.89. The first-order valence-electron chi connectivity index (χ1n) is 4.41. The van der Waals surface area contributed by atoms with Crippen molar-refractivity contribution in [3.63, 3.8) is 0 Å². The number of rotatable bonds is 1. The molecule has 0 radical (unpaired) electrons. The van der Waals surface area contributed by atoms with Crippen LogP contribution in [0.2, 0.25) is 0 Å². The maximum Gasteiger partial charge on any atom is 0.240 e. The molecule has 4 heteroatoms. The molecule has 0 heterocycles. The summed E-state index contributed by atoms with van der Waals surface area (Å²) >= 11 is 5.22. The van der Waals surface area contributed by atoms with Gasteiger partial charge in [0.1, 0.15) is 0 Å². The van der Waals surface area contributed by atoms with Gasteiger partial charge in [0.2, 0.25) is 5.24 Å². The van der Waals surface area contributed by atoms with Gasteiger partial charge in [-0.05, 0) is 24.6 Å². The summed E-state index contributed by atoms with van der Waals surface area (Å²) in [6.07, 6.45) is 0. The first-order chi connectivity index (χ1) is 7.02. The number of aryl methyl sites for hydroxylation is 1. The van der Waals surface area contributed by atoms with E-state index in [-0.39, 0.29) is 0 Å². The molecule has 1 unspecified atom stereocenters. The number of halogens is 1. The number of fused-ring (bicyclic) bond motifs is 1. The van der Waals surface area contributed by atoms with Gasteiger partial charge in [0.05, 0.1) is 0 Å². The molecule has 76 valence electrons. The largest absolute Gasteiger partial charge is 0.293 e. The van der Waals surface area contributed by atoms with Gasteiger partial charge in [-0.15, -0.1) is 0 Å². The second kappa shape index (κ2) is 3.28. The zero-order valence-corrected chi connectivity index (χ0v) is 8.67. The highest BCUT2D eigenvalue weighted by Gasteiger charge is 2.42. The summed E-state index contributed by atoms with van der Waals surface area (Å²) in [5.41, 5.74) is 1.47. The molecule has 0 fully saturated rings. The Kier molecular flexibility index (Phi) is 2.20. The van der Waals surface area contributed by atoms with E-state index in [0.717, 1.165) is 5.56 Å². The van der Waals surface area contributed by atoms with E-state index in [1.165, 1.54) is 0 Å². The lowest BCUT2D eigenvalue weighted by Crippen LogP contribution is -2.21. The maximum absolute atomic E-state index is 11.7. The van der Waals surface area contributed by atoms with E-state index in [9.17, 15) is 14.4 Å². The van der Waals surface area contributed by atoms with E-state index in [2.05, 4.69) is 0 Å². The molecule has 1 aliphatic carbocycles. The molecule has 0 amide bonds. The molecular formula is C11H7ClO3. The summed E-state index contributed by atoms with van der Waals surface area (Å²) in [4.78, 5) is 34.3. The van der Waals surface area contributed by atoms with Gasteiger partial charge in [-0.1, -0.05) is 17.7 Å². The molecule has 3 nitrogen and oxygen atoms in total. The van der Waals surface area contributed by atoms with E-state index in [0.29, 0.717) is 11.1 Å². The molecule has 0 spiro atoms. The lowest BCUT2D eigenvalue weighted by molar-refractivity contribution is -0.112. The topological polar surface area (TPSA) is 51.2 Å². The van der Waals surface area contributed by atoms with Gasteiger partial charge in [-0.25, -0.2) is 0 Å². The molecule has 0 saturated heterocycles. The van der Waals surface area contributed by atoms with Crippen molar-refractivity contribution in [1.29, 1.82) is 0 Å². The van der Waals surface area contributed by atoms with Crippen LogP contribution in [-0.2, 0) is 4.79 Å². The molecule has 0 aromatic heterocycles. The van der Waals surface area contributed by atoms with Crippen LogP contribution in [0.4, 0.5) is 0 Å². The predicted octanol–water partition coefficient (Wildman–Crippen LogP) is 1.76. The standard InChI is InChI=1S/C11H7ClO3/c1-5-2-3-6-7(4-5)10(14)8(9(6)13)11(12)15/h2-4,8H,1H3. The highest BCUT2D eigenvalue weighted by atomic mass is 35.5. The van der Waals surface area contributed by atoms with Crippen LogP contribution in [0, 0.1) is 12.8 Å². The highest BCUT2D eigenvalue weighted by molar-refractivity contribution is 6.69. The zero-order chi connectivity index (χ0) is 11.2. The van der Waals surface area contributed by atoms with Gasteiger partial charge in [0.15, 0.2) is 17.5 Å². The molecule has 0 N–H and O–H groups in total. The Labute approximate surface area is 91.0 Å². The molecule has 1 atom stereocenters. The summed E-state index contributed by atoms with van der Waals surface area (Å²) in [5.74, 6) is -2.31. The van der Waals surface area contributed by atoms with Crippen molar-refractivity contribution in [2.75, 3.05) is 0 Å². The predicted molar refractivity (Wildman–Crippen MR) is 54.2 cm³/mol. The van der Waals surface area contributed by atoms with Crippen molar-refractivity contribution in [2.24, 2.45) is 5.92 Å². The van der Waals surface area contributed by atoms with Crippen LogP contribution in [-0.4, -0.2) is 16.8 Å². The Morgan fingerprint density at radius 3 is 2.40 bits per heavy atom. The van der Waals surface area contributed by atoms with Crippen LogP contribution >= 0.6 is 11.6 Å². The van der Waals surface area contributed by atoms with Crippen LogP contribution in [0.5, 0.6) is 0 Å². The van der Waals surface area contributed by atoms with Crippen LogP contribution in [0.15, 0.2) is 18.2 Å². The fourth-order valence-electron chi connectivity index (χ4n) is 1.71. The van der Waals surface area contributed by atoms with Crippen molar-refractivity contribution in [3.8, 4) is 0 Å². The van der Waals surface area contributed by atoms with Crippen molar-refractivity contribution >= 4 is 28.4 Å². The number of benzene rings is 1. The third-order valence-electron chi connectivity index (χ3n) is 2.46. The van der Waals surface area contributed by atoms with Crippen molar-refractivity contribution in [2.45, 2.75) is 6.92 Å². The second-order valence-electron chi connectivity index (χ2n) is 3.51. The molecule has 0 saturated carbocycles. The average molecular weight is 223 g/mol. The number of carbonyl (C=O) groups is 3. The van der Waals surface area contributed by atoms with E-state index in [1.54, 1.807) is 18.2 Å². The molecule has 0 bridgehead atoms. The Balaban J connectivity index is 2.60. The minimum Gasteiger partial charge on any atom is -0.293 e. The van der Waals surface area contributed by atoms with Crippen LogP contribution < -0.4 is 0 Å². The van der Waals surface area contributed by atoms with Gasteiger partial charge in [-0.2, -0.15) is 0 Å². The fraction of sp³-hybridized carbons (Fsp3) is 0.182. The Morgan fingerprint density at radius 1 is 1.20 bits per heavy atom. The second-order valence-corrected chi connectivity index (χ2v) is 3.89. The van der Waals surface area contributed by atoms with E-state index in [1.807, 2.05) is 6.92 Å². The number of Topliss-reactive ketones (excluding diaryl/α,β-unsaturated/α-hetero) is 2. The van der Waals surface area contributed by atoms with Crippen molar-refractivity contribution < 1.29 is 14.4 Å². The lowest BCUT2D eigenvalue weighted by Gasteiger charge is -1.96. The monoisotopic (exact) mass is 222 g/mol. The van der Waals surface area contributed by atoms with E-state index >= 15 is 0 Å². The third-order valence-corrected chi connectivity index (χ3v) is 2.68. The molecule has 1 aromatic carbocycles. The van der Waals surface area contributed by atoms with Gasteiger partial charge in [0.25, 0.3) is 0 Å². The van der Waals surface area contributed by atoms with Crippen molar-refractivity contribution in [1.82, 2.24) is 0 Å². The van der Waals surface area contributed by atoms with E-state index < -0.39 is 22.7 Å². The highest BCUT2D eigenvalue weighted by Crippen LogP contribution is 2.28. The first kappa shape index (κ1) is 10.1. The normalized spacial score (nSPS) is 19.2. The molecule has 2 rings (SSSR count). The van der Waals surface area contributed by atoms with Crippen LogP contribution in [0.1, 0.15) is 26.3 Å². The third kappa shape index (κ3) is 1.39. The van der Waals surface area contributed by atoms with Gasteiger partial charge < -0.3 is 0 Å². The SMILES string of the molecule is Cc1ccc2c(c1)C(=O)C(C(=O)Cl)C2=O. The minimum atomic E-state index is -1.33. The Morgan fingerprint density at radius 2 is 1.80 bits per heavy atom. The van der Waals surface area contributed by atoms with E-state index in [4.69, 9.17) is 11.6 Å². The number of carbonyl (C=O) groups excluding carboxylic acids is 3. The quantitative estimate of drug-likeness (QED) is 0.537. The fourth-order valence-corrected chi connectivity index (χ4v) is 1.91. The summed E-state index contributed by atoms with van der Waals surface area (Å²) in [7, 11) is 0. The summed E-state index contributed by atoms with van der Waals surface area (Å²) < 4.78 is 0. The zero-order valence-electron chi connectivity index (χ0n) is 7.91. The summed E-state index contributed by atoms with van der Waals surface area (Å²) in [5, 5.41) is -0.904. The number of hydrogen-bond donors (Lipinski definition) is 0. The number of hydrogen-bond acceptors (Lipinski definition) is 3. The lowest BCUT2D eigenvalue weighted by atomic mass is 10.1. The maximum atomic E-state index is 11.7. The minimum absolute atomic E-state index is 0.296. The Hall–Kier alpha value is -1.48.